The Morgan fingerprint density at radius 1 is 0.595 bits per heavy atom. The third-order valence-electron chi connectivity index (χ3n) is 12.4. The summed E-state index contributed by atoms with van der Waals surface area (Å²) in [7, 11) is 0. The molecule has 1 aliphatic heterocycles. The first-order chi connectivity index (χ1) is 40.5. The largest absolute Gasteiger partial charge is 0.461 e. The molecule has 0 aliphatic carbocycles. The highest BCUT2D eigenvalue weighted by atomic mass is 35.5. The Hall–Kier alpha value is -9.42. The predicted molar refractivity (Wildman–Crippen MR) is 314 cm³/mol. The second kappa shape index (κ2) is 33.5. The van der Waals surface area contributed by atoms with Crippen molar-refractivity contribution in [1.29, 1.82) is 0 Å². The van der Waals surface area contributed by atoms with Crippen molar-refractivity contribution in [3.63, 3.8) is 0 Å². The van der Waals surface area contributed by atoms with Crippen LogP contribution in [0.1, 0.15) is 67.0 Å². The smallest absolute Gasteiger partial charge is 0.415 e. The molecule has 19 heteroatoms. The fraction of sp³-hybridized carbons (Fsp3) is 0.246. The van der Waals surface area contributed by atoms with Gasteiger partial charge in [0, 0.05) is 20.3 Å². The van der Waals surface area contributed by atoms with E-state index in [1.54, 1.807) is 12.1 Å². The average molecular weight is 1170 g/mol. The summed E-state index contributed by atoms with van der Waals surface area (Å²) in [4.78, 5) is 86.7. The monoisotopic (exact) mass is 1170 g/mol. The van der Waals surface area contributed by atoms with E-state index in [9.17, 15) is 33.6 Å². The van der Waals surface area contributed by atoms with Crippen molar-refractivity contribution in [1.82, 2.24) is 5.32 Å². The summed E-state index contributed by atoms with van der Waals surface area (Å²) in [5, 5.41) is 2.50. The first-order valence-corrected chi connectivity index (χ1v) is 27.4. The number of esters is 2. The fourth-order valence-corrected chi connectivity index (χ4v) is 8.38. The average Bonchev–Trinajstić information content (AvgIpc) is 3.73. The van der Waals surface area contributed by atoms with Gasteiger partial charge in [0.1, 0.15) is 49.4 Å². The van der Waals surface area contributed by atoms with Gasteiger partial charge in [-0.1, -0.05) is 158 Å². The van der Waals surface area contributed by atoms with Crippen molar-refractivity contribution in [2.45, 2.75) is 85.2 Å². The van der Waals surface area contributed by atoms with E-state index in [1.807, 2.05) is 152 Å². The number of nitrogens with zero attached hydrogens (tertiary/aromatic N) is 3. The van der Waals surface area contributed by atoms with Gasteiger partial charge in [-0.3, -0.25) is 29.1 Å². The van der Waals surface area contributed by atoms with E-state index >= 15 is 8.78 Å². The molecule has 7 aromatic carbocycles. The summed E-state index contributed by atoms with van der Waals surface area (Å²) in [5.74, 6) is -2.15. The molecule has 4 amide bonds. The zero-order valence-electron chi connectivity index (χ0n) is 46.7. The van der Waals surface area contributed by atoms with Crippen LogP contribution >= 0.6 is 11.6 Å². The minimum atomic E-state index is -0.695. The van der Waals surface area contributed by atoms with Crippen molar-refractivity contribution < 1.29 is 66.0 Å². The summed E-state index contributed by atoms with van der Waals surface area (Å²) in [5.41, 5.74) is 4.99. The van der Waals surface area contributed by atoms with Gasteiger partial charge < -0.3 is 33.8 Å². The number of cyclic esters (lactones) is 1. The standard InChI is InChI=1S/C30H26FNO4.C28H27FN2O5.C7H12ClNO3/c31-27-18-26(19-29(33)35-21-24-12-6-2-7-13-24)16-17-28(27)32(20-23-10-4-1-5-11-23)30(34)36-22-25-14-8-3-9-15-25;1-20(32)12-14-24-18-30(28(34)36-24)23-13-15-26(25(29)16-23)31(17-21-8-4-2-5-9-21)27(33)35-19-22-10-6-3-7-11-22;1-5(10)9-4-7(3-8)12-6(2)11/h1-18H,19-22H2;2-11,13,15-16,24H,12,14,17-19H2,1H3;7H,3-4H2,1-2H3,(H,9,10)/t;24-;/m.0./s1. The number of nitrogens with one attached hydrogen (secondary N) is 1. The Labute approximate surface area is 491 Å². The molecule has 1 saturated heterocycles. The minimum absolute atomic E-state index is 0.0116. The predicted octanol–water partition coefficient (Wildman–Crippen LogP) is 12.6. The lowest BCUT2D eigenvalue weighted by Gasteiger charge is -2.24. The van der Waals surface area contributed by atoms with Gasteiger partial charge in [-0.15, -0.1) is 11.6 Å². The summed E-state index contributed by atoms with van der Waals surface area (Å²) in [6, 6.07) is 54.9. The zero-order valence-corrected chi connectivity index (χ0v) is 47.5. The molecule has 1 aliphatic rings. The molecule has 1 N–H and O–H groups in total. The normalized spacial score (nSPS) is 12.6. The molecule has 438 valence electrons. The van der Waals surface area contributed by atoms with Crippen LogP contribution in [0.4, 0.5) is 40.2 Å². The third-order valence-corrected chi connectivity index (χ3v) is 12.8. The Kier molecular flexibility index (Phi) is 25.4. The molecule has 8 rings (SSSR count). The second-order valence-corrected chi connectivity index (χ2v) is 19.5. The number of hydrogen-bond acceptors (Lipinski definition) is 12. The van der Waals surface area contributed by atoms with Crippen LogP contribution in [0, 0.1) is 11.6 Å². The highest BCUT2D eigenvalue weighted by Crippen LogP contribution is 2.31. The molecule has 0 spiro atoms. The Morgan fingerprint density at radius 2 is 1.04 bits per heavy atom. The van der Waals surface area contributed by atoms with E-state index in [-0.39, 0.29) is 81.4 Å². The first kappa shape index (κ1) is 63.8. The quantitative estimate of drug-likeness (QED) is 0.0385. The molecule has 0 bridgehead atoms. The Morgan fingerprint density at radius 3 is 1.45 bits per heavy atom. The molecule has 2 atom stereocenters. The van der Waals surface area contributed by atoms with Crippen molar-refractivity contribution in [3.8, 4) is 0 Å². The fourth-order valence-electron chi connectivity index (χ4n) is 8.21. The molecule has 1 unspecified atom stereocenters. The number of carbonyl (C=O) groups excluding carboxylic acids is 7. The van der Waals surface area contributed by atoms with Crippen LogP contribution in [-0.4, -0.2) is 73.1 Å². The highest BCUT2D eigenvalue weighted by molar-refractivity contribution is 6.18. The number of halogens is 3. The molecule has 0 saturated carbocycles. The molecule has 84 heavy (non-hydrogen) atoms. The van der Waals surface area contributed by atoms with Crippen LogP contribution in [0.2, 0.25) is 0 Å². The van der Waals surface area contributed by atoms with E-state index in [1.165, 1.54) is 59.7 Å². The molecule has 1 fully saturated rings. The maximum absolute atomic E-state index is 15.4. The molecule has 0 radical (unpaired) electrons. The van der Waals surface area contributed by atoms with Crippen molar-refractivity contribution in [2.75, 3.05) is 33.7 Å². The molecular weight excluding hydrogens is 1100 g/mol. The number of hydrogen-bond donors (Lipinski definition) is 1. The van der Waals surface area contributed by atoms with Crippen LogP contribution < -0.4 is 20.0 Å². The molecule has 7 aromatic rings. The van der Waals surface area contributed by atoms with Gasteiger partial charge >= 0.3 is 30.2 Å². The topological polar surface area (TPSA) is 187 Å². The van der Waals surface area contributed by atoms with Crippen molar-refractivity contribution in [3.05, 3.63) is 233 Å². The van der Waals surface area contributed by atoms with Gasteiger partial charge in [0.05, 0.1) is 55.5 Å². The SMILES string of the molecule is CC(=O)CC[C@H]1CN(c2ccc(N(Cc3ccccc3)C(=O)OCc3ccccc3)c(F)c2)C(=O)O1.CC(=O)NCC(CCl)OC(C)=O.O=C(Cc1ccc(N(Cc2ccccc2)C(=O)OCc2ccccc2)c(F)c1)OCc1ccccc1. The summed E-state index contributed by atoms with van der Waals surface area (Å²) < 4.78 is 57.0. The van der Waals surface area contributed by atoms with Gasteiger partial charge in [0.25, 0.3) is 0 Å². The maximum atomic E-state index is 15.4. The number of ether oxygens (including phenoxy) is 5. The van der Waals surface area contributed by atoms with Crippen LogP contribution in [0.25, 0.3) is 0 Å². The second-order valence-electron chi connectivity index (χ2n) is 19.1. The number of benzene rings is 7. The zero-order chi connectivity index (χ0) is 60.2. The lowest BCUT2D eigenvalue weighted by molar-refractivity contribution is -0.146. The Balaban J connectivity index is 0.000000226. The summed E-state index contributed by atoms with van der Waals surface area (Å²) in [6.45, 7) is 5.15. The maximum Gasteiger partial charge on any atom is 0.415 e. The van der Waals surface area contributed by atoms with Gasteiger partial charge in [0.15, 0.2) is 0 Å². The van der Waals surface area contributed by atoms with Gasteiger partial charge in [-0.05, 0) is 77.1 Å². The van der Waals surface area contributed by atoms with Crippen LogP contribution in [0.5, 0.6) is 0 Å². The minimum Gasteiger partial charge on any atom is -0.461 e. The van der Waals surface area contributed by atoms with Gasteiger partial charge in [0.2, 0.25) is 5.91 Å². The number of ketones is 1. The number of carbonyl (C=O) groups is 7. The van der Waals surface area contributed by atoms with Crippen molar-refractivity contribution in [2.24, 2.45) is 0 Å². The number of alkyl halides is 1. The molecule has 16 nitrogen and oxygen atoms in total. The summed E-state index contributed by atoms with van der Waals surface area (Å²) in [6.07, 6.45) is -2.20. The van der Waals surface area contributed by atoms with E-state index < -0.39 is 54.1 Å². The number of rotatable bonds is 22. The summed E-state index contributed by atoms with van der Waals surface area (Å²) >= 11 is 5.47. The van der Waals surface area contributed by atoms with Crippen LogP contribution in [0.3, 0.4) is 0 Å². The molecule has 0 aromatic heterocycles. The van der Waals surface area contributed by atoms with Crippen molar-refractivity contribution >= 4 is 70.6 Å². The van der Waals surface area contributed by atoms with E-state index in [0.29, 0.717) is 24.1 Å². The van der Waals surface area contributed by atoms with Crippen LogP contribution in [-0.2, 0) is 82.2 Å². The highest BCUT2D eigenvalue weighted by Gasteiger charge is 2.33. The first-order valence-electron chi connectivity index (χ1n) is 26.8. The molecular formula is C65H65ClF2N4O12. The lowest BCUT2D eigenvalue weighted by atomic mass is 10.1. The Bertz CT molecular complexity index is 3260. The van der Waals surface area contributed by atoms with E-state index in [4.69, 9.17) is 35.3 Å². The van der Waals surface area contributed by atoms with Crippen LogP contribution in [0.15, 0.2) is 188 Å². The number of amides is 4. The molecule has 1 heterocycles. The third kappa shape index (κ3) is 21.5. The van der Waals surface area contributed by atoms with Gasteiger partial charge in [-0.25, -0.2) is 23.2 Å². The number of anilines is 3. The number of Topliss-reactive ketones (excluding diaryl/α,β-unsaturated/α-hetero) is 1. The lowest BCUT2D eigenvalue weighted by Crippen LogP contribution is -2.34. The van der Waals surface area contributed by atoms with E-state index in [2.05, 4.69) is 5.32 Å². The van der Waals surface area contributed by atoms with Gasteiger partial charge in [-0.2, -0.15) is 0 Å². The van der Waals surface area contributed by atoms with E-state index in [0.717, 1.165) is 27.8 Å².